The molecular weight excluding hydrogens is 256 g/mol. The highest BCUT2D eigenvalue weighted by Crippen LogP contribution is 2.13. The molecule has 20 heavy (non-hydrogen) atoms. The van der Waals surface area contributed by atoms with Crippen LogP contribution in [0.5, 0.6) is 0 Å². The first-order valence-corrected chi connectivity index (χ1v) is 7.85. The van der Waals surface area contributed by atoms with E-state index in [9.17, 15) is 9.59 Å². The monoisotopic (exact) mass is 285 g/mol. The van der Waals surface area contributed by atoms with E-state index >= 15 is 0 Å². The predicted octanol–water partition coefficient (Wildman–Crippen LogP) is 3.92. The van der Waals surface area contributed by atoms with Crippen molar-refractivity contribution in [2.24, 2.45) is 0 Å². The van der Waals surface area contributed by atoms with Crippen LogP contribution >= 0.6 is 0 Å². The molecule has 0 aliphatic carbocycles. The van der Waals surface area contributed by atoms with Crippen LogP contribution in [0.15, 0.2) is 0 Å². The molecule has 0 N–H and O–H groups in total. The van der Waals surface area contributed by atoms with Gasteiger partial charge in [0.25, 0.3) is 0 Å². The van der Waals surface area contributed by atoms with Crippen molar-refractivity contribution in [1.29, 1.82) is 0 Å². The van der Waals surface area contributed by atoms with E-state index in [0.717, 1.165) is 12.8 Å². The van der Waals surface area contributed by atoms with Crippen LogP contribution in [0.25, 0.3) is 0 Å². The molecule has 1 atom stereocenters. The van der Waals surface area contributed by atoms with Crippen molar-refractivity contribution < 1.29 is 19.1 Å². The lowest BCUT2D eigenvalue weighted by Crippen LogP contribution is -2.28. The highest BCUT2D eigenvalue weighted by molar-refractivity contribution is 5.76. The molecule has 0 amide bonds. The van der Waals surface area contributed by atoms with Crippen LogP contribution in [-0.4, -0.2) is 24.6 Å². The first-order chi connectivity index (χ1) is 9.61. The van der Waals surface area contributed by atoms with E-state index < -0.39 is 12.1 Å². The van der Waals surface area contributed by atoms with Gasteiger partial charge in [0.2, 0.25) is 0 Å². The summed E-state index contributed by atoms with van der Waals surface area (Å²) in [6, 6.07) is 0. The van der Waals surface area contributed by atoms with E-state index in [1.54, 1.807) is 13.8 Å². The molecule has 0 saturated carbocycles. The Hall–Kier alpha value is -1.06. The molecule has 0 spiro atoms. The van der Waals surface area contributed by atoms with Crippen molar-refractivity contribution in [3.8, 4) is 0 Å². The standard InChI is InChI=1S/C16H29O4/c1-4-5-6-7-8-9-10-11-12-15(19-13-17)16(18)20-14(2)3/h14-15H,4-12H2,1-3H3. The second kappa shape index (κ2) is 12.9. The maximum Gasteiger partial charge on any atom is 0.418 e. The third kappa shape index (κ3) is 10.8. The summed E-state index contributed by atoms with van der Waals surface area (Å²) in [5.74, 6) is -0.466. The largest absolute Gasteiger partial charge is 0.460 e. The summed E-state index contributed by atoms with van der Waals surface area (Å²) in [6.07, 6.45) is 9.03. The molecule has 0 saturated heterocycles. The molecule has 0 heterocycles. The average molecular weight is 285 g/mol. The van der Waals surface area contributed by atoms with E-state index in [2.05, 4.69) is 11.7 Å². The quantitative estimate of drug-likeness (QED) is 0.380. The Morgan fingerprint density at radius 1 is 1.00 bits per heavy atom. The molecule has 4 nitrogen and oxygen atoms in total. The number of hydrogen-bond donors (Lipinski definition) is 0. The number of hydrogen-bond acceptors (Lipinski definition) is 4. The van der Waals surface area contributed by atoms with Crippen LogP contribution < -0.4 is 0 Å². The van der Waals surface area contributed by atoms with Crippen LogP contribution in [0.3, 0.4) is 0 Å². The number of esters is 1. The van der Waals surface area contributed by atoms with Gasteiger partial charge in [0.15, 0.2) is 6.10 Å². The average Bonchev–Trinajstić information content (AvgIpc) is 2.39. The lowest BCUT2D eigenvalue weighted by atomic mass is 10.1. The highest BCUT2D eigenvalue weighted by Gasteiger charge is 2.22. The summed E-state index contributed by atoms with van der Waals surface area (Å²) in [6.45, 7) is 7.10. The molecule has 1 unspecified atom stereocenters. The van der Waals surface area contributed by atoms with Gasteiger partial charge in [0.1, 0.15) is 0 Å². The Morgan fingerprint density at radius 2 is 1.55 bits per heavy atom. The smallest absolute Gasteiger partial charge is 0.418 e. The number of rotatable bonds is 13. The highest BCUT2D eigenvalue weighted by atomic mass is 16.6. The minimum Gasteiger partial charge on any atom is -0.460 e. The molecule has 0 aliphatic rings. The van der Waals surface area contributed by atoms with Crippen molar-refractivity contribution >= 4 is 12.4 Å². The van der Waals surface area contributed by atoms with Crippen molar-refractivity contribution in [3.63, 3.8) is 0 Å². The maximum atomic E-state index is 11.7. The van der Waals surface area contributed by atoms with E-state index in [1.807, 2.05) is 0 Å². The zero-order valence-electron chi connectivity index (χ0n) is 13.2. The molecule has 0 aliphatic heterocycles. The van der Waals surface area contributed by atoms with E-state index in [4.69, 9.17) is 4.74 Å². The minimum absolute atomic E-state index is 0.196. The predicted molar refractivity (Wildman–Crippen MR) is 79.0 cm³/mol. The first-order valence-electron chi connectivity index (χ1n) is 7.85. The fourth-order valence-electron chi connectivity index (χ4n) is 2.05. The molecule has 0 aromatic heterocycles. The van der Waals surface area contributed by atoms with Gasteiger partial charge in [-0.15, -0.1) is 0 Å². The number of ether oxygens (including phenoxy) is 2. The van der Waals surface area contributed by atoms with Gasteiger partial charge in [-0.25, -0.2) is 9.59 Å². The number of unbranched alkanes of at least 4 members (excludes halogenated alkanes) is 7. The molecule has 0 aromatic rings. The van der Waals surface area contributed by atoms with Crippen molar-refractivity contribution in [2.75, 3.05) is 0 Å². The van der Waals surface area contributed by atoms with Crippen molar-refractivity contribution in [1.82, 2.24) is 0 Å². The van der Waals surface area contributed by atoms with Crippen LogP contribution in [0.4, 0.5) is 0 Å². The molecular formula is C16H29O4. The summed E-state index contributed by atoms with van der Waals surface area (Å²) >= 11 is 0. The Labute approximate surface area is 123 Å². The van der Waals surface area contributed by atoms with Crippen LogP contribution in [0, 0.1) is 0 Å². The molecule has 0 fully saturated rings. The Kier molecular flexibility index (Phi) is 12.3. The molecule has 0 aromatic carbocycles. The third-order valence-corrected chi connectivity index (χ3v) is 3.12. The summed E-state index contributed by atoms with van der Waals surface area (Å²) < 4.78 is 9.73. The maximum absolute atomic E-state index is 11.7. The second-order valence-electron chi connectivity index (χ2n) is 5.44. The van der Waals surface area contributed by atoms with Crippen LogP contribution in [0.1, 0.15) is 78.6 Å². The SMILES string of the molecule is CCCCCCCCCCC(O[C]=O)C(=O)OC(C)C. The summed E-state index contributed by atoms with van der Waals surface area (Å²) in [5, 5.41) is 0. The molecule has 4 heteroatoms. The lowest BCUT2D eigenvalue weighted by molar-refractivity contribution is -0.156. The van der Waals surface area contributed by atoms with Gasteiger partial charge >= 0.3 is 12.4 Å². The van der Waals surface area contributed by atoms with Crippen LogP contribution in [-0.2, 0) is 19.1 Å². The van der Waals surface area contributed by atoms with Gasteiger partial charge in [-0.3, -0.25) is 0 Å². The third-order valence-electron chi connectivity index (χ3n) is 3.12. The van der Waals surface area contributed by atoms with Gasteiger partial charge in [-0.05, 0) is 26.7 Å². The minimum atomic E-state index is -0.796. The van der Waals surface area contributed by atoms with Gasteiger partial charge in [-0.2, -0.15) is 0 Å². The van der Waals surface area contributed by atoms with Crippen molar-refractivity contribution in [2.45, 2.75) is 90.8 Å². The van der Waals surface area contributed by atoms with Crippen LogP contribution in [0.2, 0.25) is 0 Å². The van der Waals surface area contributed by atoms with E-state index in [-0.39, 0.29) is 6.10 Å². The zero-order valence-corrected chi connectivity index (χ0v) is 13.2. The number of carbonyl (C=O) groups excluding carboxylic acids is 2. The molecule has 0 bridgehead atoms. The molecule has 117 valence electrons. The van der Waals surface area contributed by atoms with Gasteiger partial charge < -0.3 is 9.47 Å². The fourth-order valence-corrected chi connectivity index (χ4v) is 2.05. The Bertz CT molecular complexity index is 251. The van der Waals surface area contributed by atoms with Gasteiger partial charge in [0.05, 0.1) is 6.10 Å². The topological polar surface area (TPSA) is 52.6 Å². The fraction of sp³-hybridized carbons (Fsp3) is 0.875. The number of carbonyl (C=O) groups is 1. The second-order valence-corrected chi connectivity index (χ2v) is 5.44. The van der Waals surface area contributed by atoms with E-state index in [1.165, 1.54) is 45.0 Å². The Balaban J connectivity index is 3.70. The summed E-state index contributed by atoms with van der Waals surface area (Å²) in [7, 11) is 0. The molecule has 1 radical (unpaired) electrons. The Morgan fingerprint density at radius 3 is 2.05 bits per heavy atom. The molecule has 0 rings (SSSR count). The summed E-state index contributed by atoms with van der Waals surface area (Å²) in [5.41, 5.74) is 0. The first kappa shape index (κ1) is 18.9. The normalized spacial score (nSPS) is 12.2. The van der Waals surface area contributed by atoms with E-state index in [0.29, 0.717) is 6.42 Å². The summed E-state index contributed by atoms with van der Waals surface area (Å²) in [4.78, 5) is 21.9. The lowest BCUT2D eigenvalue weighted by Gasteiger charge is -2.15. The van der Waals surface area contributed by atoms with Gasteiger partial charge in [-0.1, -0.05) is 51.9 Å². The zero-order chi connectivity index (χ0) is 15.2. The van der Waals surface area contributed by atoms with Crippen molar-refractivity contribution in [3.05, 3.63) is 0 Å². The van der Waals surface area contributed by atoms with Gasteiger partial charge in [0, 0.05) is 0 Å².